The average molecular weight is 280 g/mol. The number of rotatable bonds is 4. The number of nitrogens with zero attached hydrogens (tertiary/aromatic N) is 2. The maximum absolute atomic E-state index is 12.3. The molecule has 1 unspecified atom stereocenters. The second-order valence-electron chi connectivity index (χ2n) is 5.18. The van der Waals surface area contributed by atoms with Gasteiger partial charge in [-0.05, 0) is 31.4 Å². The molecule has 1 amide bonds. The van der Waals surface area contributed by atoms with Crippen molar-refractivity contribution in [3.8, 4) is 0 Å². The lowest BCUT2D eigenvalue weighted by atomic mass is 10.1. The van der Waals surface area contributed by atoms with Crippen LogP contribution in [0.3, 0.4) is 0 Å². The Morgan fingerprint density at radius 3 is 2.84 bits per heavy atom. The van der Waals surface area contributed by atoms with Crippen molar-refractivity contribution >= 4 is 23.2 Å². The van der Waals surface area contributed by atoms with Crippen LogP contribution in [0.2, 0.25) is 5.15 Å². The highest BCUT2D eigenvalue weighted by Crippen LogP contribution is 2.17. The number of fused-ring (bicyclic) bond motifs is 1. The Balaban J connectivity index is 2.24. The standard InChI is InChI=1S/C14H18ClN3O/c1-9(2)8-10(3)16-14(19)12-13(15)17-11-6-4-5-7-18(11)12/h4-7,9-10H,8H2,1-3H3,(H,16,19). The first-order valence-electron chi connectivity index (χ1n) is 6.42. The fourth-order valence-corrected chi connectivity index (χ4v) is 2.49. The Bertz CT molecular complexity index is 591. The molecule has 4 nitrogen and oxygen atoms in total. The predicted molar refractivity (Wildman–Crippen MR) is 76.6 cm³/mol. The van der Waals surface area contributed by atoms with E-state index in [1.165, 1.54) is 0 Å². The minimum atomic E-state index is -0.183. The van der Waals surface area contributed by atoms with Crippen LogP contribution in [0.15, 0.2) is 24.4 Å². The molecule has 2 aromatic rings. The quantitative estimate of drug-likeness (QED) is 0.934. The van der Waals surface area contributed by atoms with Crippen molar-refractivity contribution in [2.24, 2.45) is 5.92 Å². The number of carbonyl (C=O) groups is 1. The van der Waals surface area contributed by atoms with Crippen molar-refractivity contribution in [2.75, 3.05) is 0 Å². The third-order valence-corrected chi connectivity index (χ3v) is 3.17. The summed E-state index contributed by atoms with van der Waals surface area (Å²) in [6, 6.07) is 5.64. The summed E-state index contributed by atoms with van der Waals surface area (Å²) in [6.07, 6.45) is 2.72. The lowest BCUT2D eigenvalue weighted by Crippen LogP contribution is -2.34. The summed E-state index contributed by atoms with van der Waals surface area (Å²) in [7, 11) is 0. The van der Waals surface area contributed by atoms with E-state index in [0.717, 1.165) is 6.42 Å². The summed E-state index contributed by atoms with van der Waals surface area (Å²) in [5, 5.41) is 3.20. The highest BCUT2D eigenvalue weighted by atomic mass is 35.5. The van der Waals surface area contributed by atoms with Gasteiger partial charge in [0, 0.05) is 12.2 Å². The first-order chi connectivity index (χ1) is 8.99. The van der Waals surface area contributed by atoms with Crippen molar-refractivity contribution in [2.45, 2.75) is 33.2 Å². The molecule has 1 atom stereocenters. The summed E-state index contributed by atoms with van der Waals surface area (Å²) in [5.41, 5.74) is 1.07. The molecule has 2 heterocycles. The zero-order valence-corrected chi connectivity index (χ0v) is 12.1. The zero-order valence-electron chi connectivity index (χ0n) is 11.4. The van der Waals surface area contributed by atoms with E-state index < -0.39 is 0 Å². The smallest absolute Gasteiger partial charge is 0.271 e. The number of imidazole rings is 1. The van der Waals surface area contributed by atoms with E-state index in [1.807, 2.05) is 25.1 Å². The molecule has 102 valence electrons. The Morgan fingerprint density at radius 2 is 2.16 bits per heavy atom. The molecule has 1 N–H and O–H groups in total. The molecule has 0 saturated heterocycles. The molecular formula is C14H18ClN3O. The molecule has 19 heavy (non-hydrogen) atoms. The first kappa shape index (κ1) is 13.9. The van der Waals surface area contributed by atoms with Gasteiger partial charge in [-0.25, -0.2) is 4.98 Å². The molecule has 5 heteroatoms. The van der Waals surface area contributed by atoms with Crippen LogP contribution in [-0.4, -0.2) is 21.3 Å². The summed E-state index contributed by atoms with van der Waals surface area (Å²) < 4.78 is 1.71. The Morgan fingerprint density at radius 1 is 1.42 bits per heavy atom. The maximum atomic E-state index is 12.3. The van der Waals surface area contributed by atoms with E-state index in [2.05, 4.69) is 24.1 Å². The maximum Gasteiger partial charge on any atom is 0.271 e. The van der Waals surface area contributed by atoms with Crippen molar-refractivity contribution < 1.29 is 4.79 Å². The van der Waals surface area contributed by atoms with Crippen molar-refractivity contribution in [1.29, 1.82) is 0 Å². The van der Waals surface area contributed by atoms with E-state index in [0.29, 0.717) is 17.3 Å². The van der Waals surface area contributed by atoms with Gasteiger partial charge in [-0.1, -0.05) is 31.5 Å². The molecular weight excluding hydrogens is 262 g/mol. The molecule has 0 radical (unpaired) electrons. The summed E-state index contributed by atoms with van der Waals surface area (Å²) in [5.74, 6) is 0.352. The van der Waals surface area contributed by atoms with E-state index in [4.69, 9.17) is 11.6 Å². The fraction of sp³-hybridized carbons (Fsp3) is 0.429. The van der Waals surface area contributed by atoms with Gasteiger partial charge in [0.25, 0.3) is 5.91 Å². The molecule has 0 aliphatic heterocycles. The number of halogens is 1. The second kappa shape index (κ2) is 5.61. The van der Waals surface area contributed by atoms with Crippen LogP contribution in [0.1, 0.15) is 37.7 Å². The number of hydrogen-bond donors (Lipinski definition) is 1. The lowest BCUT2D eigenvalue weighted by Gasteiger charge is -2.15. The topological polar surface area (TPSA) is 46.4 Å². The van der Waals surface area contributed by atoms with Gasteiger partial charge < -0.3 is 5.32 Å². The lowest BCUT2D eigenvalue weighted by molar-refractivity contribution is 0.0930. The third-order valence-electron chi connectivity index (χ3n) is 2.90. The number of hydrogen-bond acceptors (Lipinski definition) is 2. The van der Waals surface area contributed by atoms with Gasteiger partial charge in [0.2, 0.25) is 0 Å². The van der Waals surface area contributed by atoms with Gasteiger partial charge in [0.05, 0.1) is 0 Å². The zero-order chi connectivity index (χ0) is 14.0. The largest absolute Gasteiger partial charge is 0.348 e. The van der Waals surface area contributed by atoms with E-state index in [1.54, 1.807) is 10.6 Å². The Kier molecular flexibility index (Phi) is 4.10. The van der Waals surface area contributed by atoms with Crippen molar-refractivity contribution in [1.82, 2.24) is 14.7 Å². The summed E-state index contributed by atoms with van der Waals surface area (Å²) in [4.78, 5) is 16.4. The van der Waals surface area contributed by atoms with E-state index in [-0.39, 0.29) is 17.1 Å². The molecule has 0 fully saturated rings. The normalized spacial score (nSPS) is 12.9. The predicted octanol–water partition coefficient (Wildman–Crippen LogP) is 3.15. The number of carbonyl (C=O) groups excluding carboxylic acids is 1. The first-order valence-corrected chi connectivity index (χ1v) is 6.80. The highest BCUT2D eigenvalue weighted by molar-refractivity contribution is 6.32. The SMILES string of the molecule is CC(C)CC(C)NC(=O)c1c(Cl)nc2ccccn12. The molecule has 2 aromatic heterocycles. The molecule has 0 saturated carbocycles. The number of aromatic nitrogens is 2. The summed E-state index contributed by atoms with van der Waals surface area (Å²) in [6.45, 7) is 6.25. The molecule has 0 bridgehead atoms. The van der Waals surface area contributed by atoms with E-state index >= 15 is 0 Å². The van der Waals surface area contributed by atoms with Crippen molar-refractivity contribution in [3.05, 3.63) is 35.2 Å². The molecule has 0 aliphatic rings. The summed E-state index contributed by atoms with van der Waals surface area (Å²) >= 11 is 6.06. The van der Waals surface area contributed by atoms with Crippen LogP contribution in [0.5, 0.6) is 0 Å². The van der Waals surface area contributed by atoms with Gasteiger partial charge in [-0.2, -0.15) is 0 Å². The number of amides is 1. The van der Waals surface area contributed by atoms with Gasteiger partial charge in [0.1, 0.15) is 5.65 Å². The van der Waals surface area contributed by atoms with Crippen molar-refractivity contribution in [3.63, 3.8) is 0 Å². The molecule has 0 aliphatic carbocycles. The minimum Gasteiger partial charge on any atom is -0.348 e. The van der Waals surface area contributed by atoms with Gasteiger partial charge in [-0.15, -0.1) is 0 Å². The molecule has 0 aromatic carbocycles. The number of pyridine rings is 1. The Hall–Kier alpha value is -1.55. The Labute approximate surface area is 117 Å². The van der Waals surface area contributed by atoms with Gasteiger partial charge in [0.15, 0.2) is 10.8 Å². The van der Waals surface area contributed by atoms with Crippen LogP contribution in [0, 0.1) is 5.92 Å². The van der Waals surface area contributed by atoms with Crippen LogP contribution < -0.4 is 5.32 Å². The van der Waals surface area contributed by atoms with Crippen LogP contribution in [-0.2, 0) is 0 Å². The fourth-order valence-electron chi connectivity index (χ4n) is 2.23. The highest BCUT2D eigenvalue weighted by Gasteiger charge is 2.19. The van der Waals surface area contributed by atoms with Gasteiger partial charge in [-0.3, -0.25) is 9.20 Å². The molecule has 2 rings (SSSR count). The van der Waals surface area contributed by atoms with Crippen LogP contribution in [0.4, 0.5) is 0 Å². The number of nitrogens with one attached hydrogen (secondary N) is 1. The van der Waals surface area contributed by atoms with E-state index in [9.17, 15) is 4.79 Å². The monoisotopic (exact) mass is 279 g/mol. The minimum absolute atomic E-state index is 0.109. The van der Waals surface area contributed by atoms with Crippen LogP contribution in [0.25, 0.3) is 5.65 Å². The van der Waals surface area contributed by atoms with Crippen LogP contribution >= 0.6 is 11.6 Å². The average Bonchev–Trinajstić information content (AvgIpc) is 2.63. The molecule has 0 spiro atoms. The van der Waals surface area contributed by atoms with Gasteiger partial charge >= 0.3 is 0 Å². The third kappa shape index (κ3) is 3.07. The second-order valence-corrected chi connectivity index (χ2v) is 5.54.